The van der Waals surface area contributed by atoms with E-state index in [2.05, 4.69) is 4.99 Å². The molecule has 0 heterocycles. The average molecular weight is 144 g/mol. The molecule has 0 aromatic carbocycles. The third-order valence-corrected chi connectivity index (χ3v) is 1.71. The zero-order chi connectivity index (χ0) is 6.69. The van der Waals surface area contributed by atoms with Gasteiger partial charge in [0.05, 0.1) is 6.04 Å². The van der Waals surface area contributed by atoms with Gasteiger partial charge in [0.1, 0.15) is 0 Å². The Balaban J connectivity index is 2.63. The van der Waals surface area contributed by atoms with E-state index in [0.717, 1.165) is 12.8 Å². The fourth-order valence-electron chi connectivity index (χ4n) is 0.843. The van der Waals surface area contributed by atoms with Gasteiger partial charge in [-0.3, -0.25) is 0 Å². The van der Waals surface area contributed by atoms with Crippen molar-refractivity contribution in [3.63, 3.8) is 0 Å². The van der Waals surface area contributed by atoms with Crippen molar-refractivity contribution < 1.29 is 4.79 Å². The second-order valence-corrected chi connectivity index (χ2v) is 2.34. The highest BCUT2D eigenvalue weighted by Gasteiger charge is 2.15. The topological polar surface area (TPSA) is 29.4 Å². The van der Waals surface area contributed by atoms with Crippen LogP contribution in [0.3, 0.4) is 0 Å². The minimum Gasteiger partial charge on any atom is -0.211 e. The second kappa shape index (κ2) is 2.81. The largest absolute Gasteiger partial charge is 0.235 e. The lowest BCUT2D eigenvalue weighted by atomic mass is 10.3. The molecule has 3 heteroatoms. The van der Waals surface area contributed by atoms with Gasteiger partial charge in [-0.25, -0.2) is 4.79 Å². The second-order valence-electron chi connectivity index (χ2n) is 1.90. The summed E-state index contributed by atoms with van der Waals surface area (Å²) in [5.41, 5.74) is 0. The Morgan fingerprint density at radius 3 is 3.11 bits per heavy atom. The van der Waals surface area contributed by atoms with E-state index < -0.39 is 0 Å². The maximum atomic E-state index is 9.73. The number of allylic oxidation sites excluding steroid dienone is 1. The van der Waals surface area contributed by atoms with Crippen LogP contribution < -0.4 is 0 Å². The molecule has 0 unspecified atom stereocenters. The van der Waals surface area contributed by atoms with Gasteiger partial charge in [0.2, 0.25) is 6.08 Å². The van der Waals surface area contributed by atoms with Gasteiger partial charge in [-0.1, -0.05) is 17.7 Å². The van der Waals surface area contributed by atoms with Crippen LogP contribution in [-0.4, -0.2) is 12.1 Å². The van der Waals surface area contributed by atoms with Gasteiger partial charge >= 0.3 is 0 Å². The van der Waals surface area contributed by atoms with E-state index in [1.54, 1.807) is 0 Å². The van der Waals surface area contributed by atoms with Crippen LogP contribution in [-0.2, 0) is 4.79 Å². The standard InChI is InChI=1S/C6H6ClNO/c7-5-2-1-3-6(5)8-4-9/h2,6H,1,3H2/t6-/m1/s1. The number of hydrogen-bond acceptors (Lipinski definition) is 2. The first-order valence-electron chi connectivity index (χ1n) is 2.77. The van der Waals surface area contributed by atoms with Gasteiger partial charge in [0.15, 0.2) is 0 Å². The maximum absolute atomic E-state index is 9.73. The van der Waals surface area contributed by atoms with Crippen LogP contribution >= 0.6 is 11.6 Å². The maximum Gasteiger partial charge on any atom is 0.235 e. The van der Waals surface area contributed by atoms with Crippen LogP contribution in [0.25, 0.3) is 0 Å². The molecule has 1 aliphatic carbocycles. The molecule has 0 spiro atoms. The highest BCUT2D eigenvalue weighted by molar-refractivity contribution is 6.30. The van der Waals surface area contributed by atoms with E-state index in [4.69, 9.17) is 11.6 Å². The van der Waals surface area contributed by atoms with E-state index in [1.165, 1.54) is 6.08 Å². The summed E-state index contributed by atoms with van der Waals surface area (Å²) < 4.78 is 0. The Hall–Kier alpha value is -0.590. The van der Waals surface area contributed by atoms with Crippen LogP contribution in [0, 0.1) is 0 Å². The Kier molecular flexibility index (Phi) is 2.04. The highest BCUT2D eigenvalue weighted by Crippen LogP contribution is 2.24. The van der Waals surface area contributed by atoms with Crippen molar-refractivity contribution in [2.75, 3.05) is 0 Å². The van der Waals surface area contributed by atoms with E-state index in [-0.39, 0.29) is 6.04 Å². The quantitative estimate of drug-likeness (QED) is 0.405. The number of nitrogens with zero attached hydrogens (tertiary/aromatic N) is 1. The van der Waals surface area contributed by atoms with Gasteiger partial charge < -0.3 is 0 Å². The predicted molar refractivity (Wildman–Crippen MR) is 35.1 cm³/mol. The molecule has 0 aromatic rings. The molecule has 9 heavy (non-hydrogen) atoms. The minimum atomic E-state index is -0.0934. The molecule has 1 atom stereocenters. The molecule has 0 saturated heterocycles. The van der Waals surface area contributed by atoms with Crippen molar-refractivity contribution in [3.8, 4) is 0 Å². The number of aliphatic imine (C=N–C) groups is 1. The lowest BCUT2D eigenvalue weighted by Crippen LogP contribution is -1.96. The first-order chi connectivity index (χ1) is 4.34. The number of carbonyl (C=O) groups excluding carboxylic acids is 1. The minimum absolute atomic E-state index is 0.0934. The van der Waals surface area contributed by atoms with Gasteiger partial charge in [0, 0.05) is 5.03 Å². The Morgan fingerprint density at radius 1 is 1.89 bits per heavy atom. The monoisotopic (exact) mass is 143 g/mol. The van der Waals surface area contributed by atoms with Gasteiger partial charge in [-0.15, -0.1) is 0 Å². The first-order valence-corrected chi connectivity index (χ1v) is 3.15. The highest BCUT2D eigenvalue weighted by atomic mass is 35.5. The van der Waals surface area contributed by atoms with Crippen molar-refractivity contribution >= 4 is 17.7 Å². The molecule has 0 saturated carbocycles. The molecule has 0 aliphatic heterocycles. The number of rotatable bonds is 1. The molecule has 0 bridgehead atoms. The lowest BCUT2D eigenvalue weighted by molar-refractivity contribution is 0.559. The molecular formula is C6H6ClNO. The van der Waals surface area contributed by atoms with Gasteiger partial charge in [0.25, 0.3) is 0 Å². The number of hydrogen-bond donors (Lipinski definition) is 0. The molecule has 1 aliphatic rings. The predicted octanol–water partition coefficient (Wildman–Crippen LogP) is 1.61. The average Bonchev–Trinajstić information content (AvgIpc) is 2.18. The van der Waals surface area contributed by atoms with E-state index in [1.807, 2.05) is 6.08 Å². The summed E-state index contributed by atoms with van der Waals surface area (Å²) in [5, 5.41) is 0.679. The molecule has 0 amide bonds. The zero-order valence-corrected chi connectivity index (χ0v) is 5.56. The van der Waals surface area contributed by atoms with Crippen molar-refractivity contribution in [2.24, 2.45) is 4.99 Å². The first kappa shape index (κ1) is 6.53. The molecule has 2 nitrogen and oxygen atoms in total. The van der Waals surface area contributed by atoms with Crippen LogP contribution in [0.1, 0.15) is 12.8 Å². The molecule has 0 N–H and O–H groups in total. The van der Waals surface area contributed by atoms with E-state index in [9.17, 15) is 4.79 Å². The Labute approximate surface area is 58.2 Å². The summed E-state index contributed by atoms with van der Waals surface area (Å²) in [5.74, 6) is 0. The van der Waals surface area contributed by atoms with Crippen LogP contribution in [0.4, 0.5) is 0 Å². The summed E-state index contributed by atoms with van der Waals surface area (Å²) in [4.78, 5) is 13.2. The van der Waals surface area contributed by atoms with Crippen molar-refractivity contribution in [1.29, 1.82) is 0 Å². The SMILES string of the molecule is O=C=N[C@@H]1CCC=C1Cl. The summed E-state index contributed by atoms with van der Waals surface area (Å²) in [7, 11) is 0. The third-order valence-electron chi connectivity index (χ3n) is 1.31. The van der Waals surface area contributed by atoms with Crippen LogP contribution in [0.2, 0.25) is 0 Å². The Bertz CT molecular complexity index is 181. The van der Waals surface area contributed by atoms with Crippen molar-refractivity contribution in [2.45, 2.75) is 18.9 Å². The summed E-state index contributed by atoms with van der Waals surface area (Å²) >= 11 is 5.65. The fourth-order valence-corrected chi connectivity index (χ4v) is 1.11. The molecule has 1 rings (SSSR count). The summed E-state index contributed by atoms with van der Waals surface area (Å²) in [6, 6.07) is -0.0934. The lowest BCUT2D eigenvalue weighted by Gasteiger charge is -1.96. The normalized spacial score (nSPS) is 25.0. The molecule has 0 aromatic heterocycles. The number of halogens is 1. The molecule has 48 valence electrons. The van der Waals surface area contributed by atoms with Crippen molar-refractivity contribution in [3.05, 3.63) is 11.1 Å². The Morgan fingerprint density at radius 2 is 2.67 bits per heavy atom. The molecular weight excluding hydrogens is 138 g/mol. The smallest absolute Gasteiger partial charge is 0.211 e. The molecule has 0 radical (unpaired) electrons. The van der Waals surface area contributed by atoms with Crippen molar-refractivity contribution in [1.82, 2.24) is 0 Å². The van der Waals surface area contributed by atoms with Crippen LogP contribution in [0.15, 0.2) is 16.1 Å². The van der Waals surface area contributed by atoms with E-state index in [0.29, 0.717) is 5.03 Å². The molecule has 0 fully saturated rings. The third kappa shape index (κ3) is 1.41. The van der Waals surface area contributed by atoms with Crippen LogP contribution in [0.5, 0.6) is 0 Å². The van der Waals surface area contributed by atoms with E-state index >= 15 is 0 Å². The van der Waals surface area contributed by atoms with Gasteiger partial charge in [-0.05, 0) is 12.8 Å². The zero-order valence-electron chi connectivity index (χ0n) is 4.80. The fraction of sp³-hybridized carbons (Fsp3) is 0.500. The summed E-state index contributed by atoms with van der Waals surface area (Å²) in [6.45, 7) is 0. The summed E-state index contributed by atoms with van der Waals surface area (Å²) in [6.07, 6.45) is 5.15. The van der Waals surface area contributed by atoms with Gasteiger partial charge in [-0.2, -0.15) is 4.99 Å². The number of isocyanates is 1.